The van der Waals surface area contributed by atoms with Crippen LogP contribution in [0.1, 0.15) is 32.8 Å². The third-order valence-corrected chi connectivity index (χ3v) is 4.44. The Morgan fingerprint density at radius 1 is 1.46 bits per heavy atom. The number of amides is 1. The SMILES string of the molecule is CC(C)(C)C(CCO)NCC(=O)N1CCc2ccc([N+](=O)[O-])cc21. The van der Waals surface area contributed by atoms with Gasteiger partial charge in [-0.3, -0.25) is 14.9 Å². The van der Waals surface area contributed by atoms with E-state index in [9.17, 15) is 20.0 Å². The van der Waals surface area contributed by atoms with Crippen molar-refractivity contribution in [3.05, 3.63) is 33.9 Å². The van der Waals surface area contributed by atoms with Gasteiger partial charge in [0.15, 0.2) is 0 Å². The van der Waals surface area contributed by atoms with Crippen molar-refractivity contribution in [1.29, 1.82) is 0 Å². The number of hydrogen-bond acceptors (Lipinski definition) is 5. The van der Waals surface area contributed by atoms with Crippen LogP contribution in [0.15, 0.2) is 18.2 Å². The molecule has 1 atom stereocenters. The highest BCUT2D eigenvalue weighted by molar-refractivity contribution is 5.97. The van der Waals surface area contributed by atoms with Crippen LogP contribution in [0.2, 0.25) is 0 Å². The normalized spacial score (nSPS) is 15.2. The van der Waals surface area contributed by atoms with Gasteiger partial charge in [0.25, 0.3) is 5.69 Å². The van der Waals surface area contributed by atoms with Crippen molar-refractivity contribution >= 4 is 17.3 Å². The van der Waals surface area contributed by atoms with Crippen LogP contribution in [0, 0.1) is 15.5 Å². The molecule has 0 radical (unpaired) electrons. The lowest BCUT2D eigenvalue weighted by molar-refractivity contribution is -0.384. The molecule has 0 saturated heterocycles. The minimum absolute atomic E-state index is 0.00532. The first-order valence-electron chi connectivity index (χ1n) is 8.16. The summed E-state index contributed by atoms with van der Waals surface area (Å²) in [7, 11) is 0. The molecule has 0 bridgehead atoms. The van der Waals surface area contributed by atoms with Crippen LogP contribution >= 0.6 is 0 Å². The summed E-state index contributed by atoms with van der Waals surface area (Å²) in [4.78, 5) is 24.7. The number of nitro benzene ring substituents is 1. The standard InChI is InChI=1S/C17H25N3O4/c1-17(2,3)15(7-9-21)18-11-16(22)19-8-6-12-4-5-13(20(23)24)10-14(12)19/h4-5,10,15,18,21H,6-9,11H2,1-3H3. The van der Waals surface area contributed by atoms with Crippen LogP contribution in [-0.2, 0) is 11.2 Å². The molecular formula is C17H25N3O4. The predicted octanol–water partition coefficient (Wildman–Crippen LogP) is 1.87. The maximum absolute atomic E-state index is 12.6. The fourth-order valence-electron chi connectivity index (χ4n) is 3.02. The van der Waals surface area contributed by atoms with Crippen molar-refractivity contribution in [1.82, 2.24) is 5.32 Å². The van der Waals surface area contributed by atoms with Gasteiger partial charge >= 0.3 is 0 Å². The summed E-state index contributed by atoms with van der Waals surface area (Å²) in [6, 6.07) is 4.67. The first-order valence-corrected chi connectivity index (χ1v) is 8.16. The van der Waals surface area contributed by atoms with Gasteiger partial charge in [0, 0.05) is 31.3 Å². The van der Waals surface area contributed by atoms with E-state index in [2.05, 4.69) is 26.1 Å². The quantitative estimate of drug-likeness (QED) is 0.611. The van der Waals surface area contributed by atoms with Crippen LogP contribution < -0.4 is 10.2 Å². The zero-order valence-electron chi connectivity index (χ0n) is 14.4. The molecule has 0 spiro atoms. The lowest BCUT2D eigenvalue weighted by atomic mass is 9.85. The number of non-ortho nitro benzene ring substituents is 1. The van der Waals surface area contributed by atoms with E-state index < -0.39 is 4.92 Å². The van der Waals surface area contributed by atoms with E-state index in [-0.39, 0.29) is 36.2 Å². The first-order chi connectivity index (χ1) is 11.2. The fraction of sp³-hybridized carbons (Fsp3) is 0.588. The molecule has 24 heavy (non-hydrogen) atoms. The minimum Gasteiger partial charge on any atom is -0.396 e. The molecule has 1 heterocycles. The van der Waals surface area contributed by atoms with Gasteiger partial charge in [0.2, 0.25) is 5.91 Å². The van der Waals surface area contributed by atoms with Crippen molar-refractivity contribution in [3.8, 4) is 0 Å². The molecule has 2 rings (SSSR count). The van der Waals surface area contributed by atoms with Crippen LogP contribution in [0.25, 0.3) is 0 Å². The number of carbonyl (C=O) groups is 1. The number of fused-ring (bicyclic) bond motifs is 1. The number of nitrogens with zero attached hydrogens (tertiary/aromatic N) is 2. The summed E-state index contributed by atoms with van der Waals surface area (Å²) in [6.07, 6.45) is 1.28. The van der Waals surface area contributed by atoms with Crippen molar-refractivity contribution in [3.63, 3.8) is 0 Å². The molecule has 1 aliphatic heterocycles. The number of aliphatic hydroxyl groups is 1. The minimum atomic E-state index is -0.448. The molecule has 1 aliphatic rings. The average molecular weight is 335 g/mol. The lowest BCUT2D eigenvalue weighted by Gasteiger charge is -2.31. The molecule has 0 fully saturated rings. The molecule has 0 aliphatic carbocycles. The second kappa shape index (κ2) is 7.27. The van der Waals surface area contributed by atoms with E-state index in [0.29, 0.717) is 25.1 Å². The zero-order chi connectivity index (χ0) is 17.9. The summed E-state index contributed by atoms with van der Waals surface area (Å²) in [6.45, 7) is 6.90. The van der Waals surface area contributed by atoms with Gasteiger partial charge in [0.1, 0.15) is 0 Å². The van der Waals surface area contributed by atoms with Gasteiger partial charge < -0.3 is 15.3 Å². The number of nitrogens with one attached hydrogen (secondary N) is 1. The number of aliphatic hydroxyl groups excluding tert-OH is 1. The van der Waals surface area contributed by atoms with E-state index in [0.717, 1.165) is 5.56 Å². The summed E-state index contributed by atoms with van der Waals surface area (Å²) >= 11 is 0. The molecule has 1 amide bonds. The average Bonchev–Trinajstić information content (AvgIpc) is 2.92. The van der Waals surface area contributed by atoms with Crippen LogP contribution in [0.3, 0.4) is 0 Å². The molecule has 2 N–H and O–H groups in total. The van der Waals surface area contributed by atoms with Gasteiger partial charge in [-0.1, -0.05) is 26.8 Å². The maximum atomic E-state index is 12.6. The van der Waals surface area contributed by atoms with Crippen molar-refractivity contribution in [2.75, 3.05) is 24.6 Å². The Balaban J connectivity index is 2.07. The van der Waals surface area contributed by atoms with Gasteiger partial charge in [0.05, 0.1) is 17.2 Å². The van der Waals surface area contributed by atoms with E-state index in [1.54, 1.807) is 11.0 Å². The third kappa shape index (κ3) is 4.10. The van der Waals surface area contributed by atoms with Crippen LogP contribution in [0.4, 0.5) is 11.4 Å². The lowest BCUT2D eigenvalue weighted by Crippen LogP contribution is -2.46. The van der Waals surface area contributed by atoms with E-state index >= 15 is 0 Å². The highest BCUT2D eigenvalue weighted by Gasteiger charge is 2.29. The topological polar surface area (TPSA) is 95.7 Å². The number of carbonyl (C=O) groups excluding carboxylic acids is 1. The van der Waals surface area contributed by atoms with Gasteiger partial charge in [-0.05, 0) is 23.8 Å². The summed E-state index contributed by atoms with van der Waals surface area (Å²) in [5, 5.41) is 23.4. The van der Waals surface area contributed by atoms with Crippen LogP contribution in [-0.4, -0.2) is 41.7 Å². The Bertz CT molecular complexity index is 625. The van der Waals surface area contributed by atoms with E-state index in [1.807, 2.05) is 0 Å². The van der Waals surface area contributed by atoms with Gasteiger partial charge in [-0.15, -0.1) is 0 Å². The molecule has 1 aromatic carbocycles. The predicted molar refractivity (Wildman–Crippen MR) is 92.1 cm³/mol. The highest BCUT2D eigenvalue weighted by Crippen LogP contribution is 2.31. The Kier molecular flexibility index (Phi) is 5.56. The monoisotopic (exact) mass is 335 g/mol. The molecule has 7 heteroatoms. The van der Waals surface area contributed by atoms with Crippen molar-refractivity contribution in [2.24, 2.45) is 5.41 Å². The van der Waals surface area contributed by atoms with Gasteiger partial charge in [-0.2, -0.15) is 0 Å². The Morgan fingerprint density at radius 2 is 2.17 bits per heavy atom. The molecule has 7 nitrogen and oxygen atoms in total. The molecule has 0 saturated carbocycles. The van der Waals surface area contributed by atoms with Crippen molar-refractivity contribution < 1.29 is 14.8 Å². The highest BCUT2D eigenvalue weighted by atomic mass is 16.6. The third-order valence-electron chi connectivity index (χ3n) is 4.44. The van der Waals surface area contributed by atoms with E-state index in [1.165, 1.54) is 12.1 Å². The number of benzene rings is 1. The zero-order valence-corrected chi connectivity index (χ0v) is 14.4. The molecule has 1 aromatic rings. The van der Waals surface area contributed by atoms with E-state index in [4.69, 9.17) is 0 Å². The largest absolute Gasteiger partial charge is 0.396 e. The summed E-state index contributed by atoms with van der Waals surface area (Å²) < 4.78 is 0. The summed E-state index contributed by atoms with van der Waals surface area (Å²) in [5.74, 6) is -0.110. The fourth-order valence-corrected chi connectivity index (χ4v) is 3.02. The molecule has 0 aromatic heterocycles. The summed E-state index contributed by atoms with van der Waals surface area (Å²) in [5.41, 5.74) is 1.50. The van der Waals surface area contributed by atoms with Crippen LogP contribution in [0.5, 0.6) is 0 Å². The maximum Gasteiger partial charge on any atom is 0.271 e. The second-order valence-electron chi connectivity index (χ2n) is 7.18. The Labute approximate surface area is 141 Å². The second-order valence-corrected chi connectivity index (χ2v) is 7.18. The molecule has 132 valence electrons. The Morgan fingerprint density at radius 3 is 2.75 bits per heavy atom. The van der Waals surface area contributed by atoms with Crippen molar-refractivity contribution in [2.45, 2.75) is 39.7 Å². The molecule has 1 unspecified atom stereocenters. The Hall–Kier alpha value is -1.99. The molecular weight excluding hydrogens is 310 g/mol. The number of hydrogen-bond donors (Lipinski definition) is 2. The number of rotatable bonds is 6. The van der Waals surface area contributed by atoms with Gasteiger partial charge in [-0.25, -0.2) is 0 Å². The number of anilines is 1. The first kappa shape index (κ1) is 18.4. The smallest absolute Gasteiger partial charge is 0.271 e. The number of nitro groups is 1.